The lowest BCUT2D eigenvalue weighted by atomic mass is 10.00. The molecule has 1 aliphatic rings. The number of aliphatic hydroxyl groups is 1. The van der Waals surface area contributed by atoms with E-state index in [4.69, 9.17) is 4.74 Å². The number of nitrogens with zero attached hydrogens (tertiary/aromatic N) is 1. The third kappa shape index (κ3) is 5.36. The van der Waals surface area contributed by atoms with Crippen molar-refractivity contribution >= 4 is 5.97 Å². The fourth-order valence-corrected chi connectivity index (χ4v) is 2.88. The molecule has 4 heteroatoms. The first-order valence-corrected chi connectivity index (χ1v) is 6.97. The first-order valence-electron chi connectivity index (χ1n) is 6.97. The van der Waals surface area contributed by atoms with Crippen LogP contribution in [0.1, 0.15) is 39.0 Å². The number of aliphatic hydroxyl groups excluding tert-OH is 1. The third-order valence-corrected chi connectivity index (χ3v) is 3.79. The van der Waals surface area contributed by atoms with Gasteiger partial charge in [-0.2, -0.15) is 0 Å². The van der Waals surface area contributed by atoms with Crippen LogP contribution < -0.4 is 0 Å². The summed E-state index contributed by atoms with van der Waals surface area (Å²) in [6, 6.07) is 0. The Morgan fingerprint density at radius 1 is 1.39 bits per heavy atom. The predicted molar refractivity (Wildman–Crippen MR) is 71.3 cm³/mol. The zero-order valence-corrected chi connectivity index (χ0v) is 11.9. The summed E-state index contributed by atoms with van der Waals surface area (Å²) in [6.45, 7) is 3.12. The summed E-state index contributed by atoms with van der Waals surface area (Å²) in [6.07, 6.45) is 5.78. The van der Waals surface area contributed by atoms with Gasteiger partial charge in [-0.25, -0.2) is 0 Å². The molecule has 0 heterocycles. The molecule has 0 spiro atoms. The Morgan fingerprint density at radius 2 is 2.00 bits per heavy atom. The van der Waals surface area contributed by atoms with Crippen molar-refractivity contribution in [1.82, 2.24) is 4.90 Å². The van der Waals surface area contributed by atoms with Crippen molar-refractivity contribution in [3.05, 3.63) is 0 Å². The normalized spacial score (nSPS) is 20.1. The molecule has 18 heavy (non-hydrogen) atoms. The van der Waals surface area contributed by atoms with Crippen LogP contribution in [0.2, 0.25) is 0 Å². The van der Waals surface area contributed by atoms with Crippen LogP contribution in [-0.4, -0.2) is 49.3 Å². The number of esters is 1. The van der Waals surface area contributed by atoms with Gasteiger partial charge in [0.15, 0.2) is 0 Å². The minimum absolute atomic E-state index is 0.140. The zero-order chi connectivity index (χ0) is 13.5. The molecule has 1 saturated carbocycles. The first kappa shape index (κ1) is 15.4. The molecule has 106 valence electrons. The Balaban J connectivity index is 2.21. The third-order valence-electron chi connectivity index (χ3n) is 3.79. The van der Waals surface area contributed by atoms with Crippen molar-refractivity contribution in [2.24, 2.45) is 11.8 Å². The number of carbonyl (C=O) groups is 1. The Bertz CT molecular complexity index is 251. The highest BCUT2D eigenvalue weighted by molar-refractivity contribution is 5.71. The highest BCUT2D eigenvalue weighted by Gasteiger charge is 2.21. The molecular weight excluding hydrogens is 230 g/mol. The standard InChI is InChI=1S/C14H27NO3/c1-11(14(17)18-3)9-15(2)10-13(16)8-12-6-4-5-7-12/h11-13,16H,4-10H2,1-3H3. The predicted octanol–water partition coefficient (Wildman–Crippen LogP) is 1.67. The van der Waals surface area contributed by atoms with Gasteiger partial charge in [0, 0.05) is 13.1 Å². The van der Waals surface area contributed by atoms with E-state index in [1.165, 1.54) is 32.8 Å². The van der Waals surface area contributed by atoms with Gasteiger partial charge < -0.3 is 14.7 Å². The molecule has 0 aliphatic heterocycles. The van der Waals surface area contributed by atoms with Crippen LogP contribution in [0, 0.1) is 11.8 Å². The van der Waals surface area contributed by atoms with Crippen molar-refractivity contribution in [2.45, 2.75) is 45.1 Å². The second-order valence-electron chi connectivity index (χ2n) is 5.69. The molecule has 0 aromatic rings. The Morgan fingerprint density at radius 3 is 2.56 bits per heavy atom. The van der Waals surface area contributed by atoms with E-state index in [1.54, 1.807) is 0 Å². The van der Waals surface area contributed by atoms with Gasteiger partial charge in [0.25, 0.3) is 0 Å². The van der Waals surface area contributed by atoms with Crippen LogP contribution in [0.3, 0.4) is 0 Å². The number of likely N-dealkylation sites (N-methyl/N-ethyl adjacent to an activating group) is 1. The summed E-state index contributed by atoms with van der Waals surface area (Å²) < 4.78 is 4.70. The van der Waals surface area contributed by atoms with Crippen LogP contribution in [-0.2, 0) is 9.53 Å². The van der Waals surface area contributed by atoms with E-state index >= 15 is 0 Å². The number of ether oxygens (including phenoxy) is 1. The lowest BCUT2D eigenvalue weighted by molar-refractivity contribution is -0.145. The maximum absolute atomic E-state index is 11.3. The molecule has 4 nitrogen and oxygen atoms in total. The van der Waals surface area contributed by atoms with E-state index in [0.29, 0.717) is 19.0 Å². The largest absolute Gasteiger partial charge is 0.469 e. The van der Waals surface area contributed by atoms with E-state index < -0.39 is 0 Å². The number of rotatable bonds is 7. The molecule has 0 amide bonds. The van der Waals surface area contributed by atoms with Gasteiger partial charge in [0.1, 0.15) is 0 Å². The molecule has 0 aromatic heterocycles. The van der Waals surface area contributed by atoms with E-state index in [1.807, 2.05) is 18.9 Å². The molecule has 0 bridgehead atoms. The summed E-state index contributed by atoms with van der Waals surface area (Å²) in [7, 11) is 3.35. The van der Waals surface area contributed by atoms with Gasteiger partial charge >= 0.3 is 5.97 Å². The van der Waals surface area contributed by atoms with Crippen LogP contribution in [0.5, 0.6) is 0 Å². The molecule has 0 aromatic carbocycles. The number of hydrogen-bond acceptors (Lipinski definition) is 4. The summed E-state index contributed by atoms with van der Waals surface area (Å²) >= 11 is 0. The zero-order valence-electron chi connectivity index (χ0n) is 11.9. The molecule has 1 N–H and O–H groups in total. The highest BCUT2D eigenvalue weighted by atomic mass is 16.5. The summed E-state index contributed by atoms with van der Waals surface area (Å²) in [4.78, 5) is 13.3. The van der Waals surface area contributed by atoms with Crippen molar-refractivity contribution in [3.8, 4) is 0 Å². The average molecular weight is 257 g/mol. The fourth-order valence-electron chi connectivity index (χ4n) is 2.88. The minimum atomic E-state index is -0.275. The number of carbonyl (C=O) groups excluding carboxylic acids is 1. The van der Waals surface area contributed by atoms with E-state index in [2.05, 4.69) is 0 Å². The maximum atomic E-state index is 11.3. The molecule has 0 saturated heterocycles. The van der Waals surface area contributed by atoms with Crippen LogP contribution in [0.15, 0.2) is 0 Å². The van der Waals surface area contributed by atoms with Gasteiger partial charge in [0.05, 0.1) is 19.1 Å². The number of methoxy groups -OCH3 is 1. The van der Waals surface area contributed by atoms with Gasteiger partial charge in [-0.15, -0.1) is 0 Å². The smallest absolute Gasteiger partial charge is 0.309 e. The maximum Gasteiger partial charge on any atom is 0.309 e. The SMILES string of the molecule is COC(=O)C(C)CN(C)CC(O)CC1CCCC1. The van der Waals surface area contributed by atoms with Crippen molar-refractivity contribution in [1.29, 1.82) is 0 Å². The summed E-state index contributed by atoms with van der Waals surface area (Å²) in [5.74, 6) is 0.372. The first-order chi connectivity index (χ1) is 8.52. The number of hydrogen-bond donors (Lipinski definition) is 1. The molecule has 2 unspecified atom stereocenters. The van der Waals surface area contributed by atoms with Gasteiger partial charge in [-0.3, -0.25) is 4.79 Å². The Kier molecular flexibility index (Phi) is 6.65. The Labute approximate surface area is 110 Å². The molecule has 1 rings (SSSR count). The molecule has 1 aliphatic carbocycles. The second-order valence-corrected chi connectivity index (χ2v) is 5.69. The van der Waals surface area contributed by atoms with Crippen molar-refractivity contribution < 1.29 is 14.6 Å². The van der Waals surface area contributed by atoms with Gasteiger partial charge in [0.2, 0.25) is 0 Å². The van der Waals surface area contributed by atoms with Gasteiger partial charge in [-0.05, 0) is 19.4 Å². The average Bonchev–Trinajstić information content (AvgIpc) is 2.79. The molecule has 2 atom stereocenters. The summed E-state index contributed by atoms with van der Waals surface area (Å²) in [5.41, 5.74) is 0. The lowest BCUT2D eigenvalue weighted by Crippen LogP contribution is -2.35. The van der Waals surface area contributed by atoms with Crippen LogP contribution in [0.4, 0.5) is 0 Å². The molecule has 0 radical (unpaired) electrons. The molecular formula is C14H27NO3. The van der Waals surface area contributed by atoms with E-state index in [0.717, 1.165) is 6.42 Å². The van der Waals surface area contributed by atoms with Crippen molar-refractivity contribution in [2.75, 3.05) is 27.2 Å². The topological polar surface area (TPSA) is 49.8 Å². The quantitative estimate of drug-likeness (QED) is 0.705. The van der Waals surface area contributed by atoms with Gasteiger partial charge in [-0.1, -0.05) is 32.6 Å². The van der Waals surface area contributed by atoms with E-state index in [-0.39, 0.29) is 18.0 Å². The Hall–Kier alpha value is -0.610. The monoisotopic (exact) mass is 257 g/mol. The highest BCUT2D eigenvalue weighted by Crippen LogP contribution is 2.28. The van der Waals surface area contributed by atoms with Crippen LogP contribution >= 0.6 is 0 Å². The fraction of sp³-hybridized carbons (Fsp3) is 0.929. The van der Waals surface area contributed by atoms with Crippen molar-refractivity contribution in [3.63, 3.8) is 0 Å². The molecule has 1 fully saturated rings. The minimum Gasteiger partial charge on any atom is -0.469 e. The second kappa shape index (κ2) is 7.74. The van der Waals surface area contributed by atoms with Crippen LogP contribution in [0.25, 0.3) is 0 Å². The lowest BCUT2D eigenvalue weighted by Gasteiger charge is -2.24. The van der Waals surface area contributed by atoms with E-state index in [9.17, 15) is 9.90 Å². The summed E-state index contributed by atoms with van der Waals surface area (Å²) in [5, 5.41) is 10.0.